The van der Waals surface area contributed by atoms with Gasteiger partial charge in [0.2, 0.25) is 0 Å². The van der Waals surface area contributed by atoms with E-state index in [4.69, 9.17) is 4.74 Å². The van der Waals surface area contributed by atoms with Crippen molar-refractivity contribution in [2.75, 3.05) is 6.61 Å². The van der Waals surface area contributed by atoms with Gasteiger partial charge < -0.3 is 4.74 Å². The fourth-order valence-corrected chi connectivity index (χ4v) is 4.03. The first kappa shape index (κ1) is 26.6. The van der Waals surface area contributed by atoms with Crippen LogP contribution in [0, 0.1) is 5.82 Å². The molecule has 3 rings (SSSR count). The summed E-state index contributed by atoms with van der Waals surface area (Å²) in [4.78, 5) is 4.52. The standard InChI is InChI=1S/C32H38FNO/c1-4-6-10-22-35-25(3)12-8-7-9-13-27-16-20-30(31(33)23-27)32-21-19-29(24-34-32)28-17-14-26(11-5-2)15-18-28/h5,9,13-21,23-25H,2,4,6-8,10-12,22H2,1,3H3/b13-9+. The number of allylic oxidation sites excluding steroid dienone is 2. The van der Waals surface area contributed by atoms with Crippen molar-refractivity contribution in [3.8, 4) is 22.4 Å². The fraction of sp³-hybridized carbons (Fsp3) is 0.344. The van der Waals surface area contributed by atoms with Gasteiger partial charge in [-0.2, -0.15) is 0 Å². The lowest BCUT2D eigenvalue weighted by atomic mass is 10.0. The average molecular weight is 472 g/mol. The van der Waals surface area contributed by atoms with Crippen molar-refractivity contribution in [1.82, 2.24) is 4.98 Å². The van der Waals surface area contributed by atoms with Crippen molar-refractivity contribution in [2.24, 2.45) is 0 Å². The number of unbranched alkanes of at least 4 members (excludes halogenated alkanes) is 3. The Bertz CT molecular complexity index is 1070. The van der Waals surface area contributed by atoms with Gasteiger partial charge in [0.05, 0.1) is 11.8 Å². The number of ether oxygens (including phenoxy) is 1. The molecule has 0 saturated heterocycles. The molecule has 0 N–H and O–H groups in total. The van der Waals surface area contributed by atoms with Crippen LogP contribution in [-0.4, -0.2) is 17.7 Å². The molecular weight excluding hydrogens is 433 g/mol. The van der Waals surface area contributed by atoms with Crippen LogP contribution in [0.5, 0.6) is 0 Å². The molecule has 1 unspecified atom stereocenters. The van der Waals surface area contributed by atoms with Crippen LogP contribution in [0.25, 0.3) is 28.5 Å². The van der Waals surface area contributed by atoms with Gasteiger partial charge in [-0.05, 0) is 73.9 Å². The molecule has 2 aromatic carbocycles. The maximum Gasteiger partial charge on any atom is 0.133 e. The summed E-state index contributed by atoms with van der Waals surface area (Å²) in [6.07, 6.45) is 15.6. The van der Waals surface area contributed by atoms with Gasteiger partial charge in [-0.25, -0.2) is 4.39 Å². The molecule has 35 heavy (non-hydrogen) atoms. The van der Waals surface area contributed by atoms with E-state index in [1.807, 2.05) is 36.4 Å². The molecule has 0 spiro atoms. The third-order valence-electron chi connectivity index (χ3n) is 6.14. The Morgan fingerprint density at radius 2 is 1.80 bits per heavy atom. The maximum atomic E-state index is 14.8. The zero-order chi connectivity index (χ0) is 24.9. The van der Waals surface area contributed by atoms with Crippen LogP contribution in [0.15, 0.2) is 79.5 Å². The van der Waals surface area contributed by atoms with Crippen molar-refractivity contribution >= 4 is 6.08 Å². The van der Waals surface area contributed by atoms with E-state index < -0.39 is 0 Å². The number of benzene rings is 2. The lowest BCUT2D eigenvalue weighted by molar-refractivity contribution is 0.0566. The van der Waals surface area contributed by atoms with Gasteiger partial charge in [-0.1, -0.05) is 74.4 Å². The Hall–Kier alpha value is -3.04. The summed E-state index contributed by atoms with van der Waals surface area (Å²) in [6.45, 7) is 8.98. The second kappa shape index (κ2) is 14.4. The highest BCUT2D eigenvalue weighted by Crippen LogP contribution is 2.26. The molecule has 3 aromatic rings. The summed E-state index contributed by atoms with van der Waals surface area (Å²) >= 11 is 0. The Morgan fingerprint density at radius 3 is 2.49 bits per heavy atom. The van der Waals surface area contributed by atoms with Crippen LogP contribution in [0.1, 0.15) is 63.5 Å². The number of pyridine rings is 1. The monoisotopic (exact) mass is 471 g/mol. The molecule has 1 heterocycles. The van der Waals surface area contributed by atoms with Gasteiger partial charge in [0.1, 0.15) is 5.82 Å². The van der Waals surface area contributed by atoms with Gasteiger partial charge in [-0.15, -0.1) is 6.58 Å². The molecule has 3 heteroatoms. The van der Waals surface area contributed by atoms with Crippen LogP contribution >= 0.6 is 0 Å². The van der Waals surface area contributed by atoms with Crippen LogP contribution in [0.4, 0.5) is 4.39 Å². The van der Waals surface area contributed by atoms with Gasteiger partial charge in [0.25, 0.3) is 0 Å². The normalized spacial score (nSPS) is 12.2. The lowest BCUT2D eigenvalue weighted by Gasteiger charge is -2.12. The molecule has 0 amide bonds. The molecule has 0 saturated carbocycles. The second-order valence-electron chi connectivity index (χ2n) is 9.08. The van der Waals surface area contributed by atoms with Crippen molar-refractivity contribution in [3.63, 3.8) is 0 Å². The van der Waals surface area contributed by atoms with E-state index in [1.54, 1.807) is 12.3 Å². The first-order valence-corrected chi connectivity index (χ1v) is 12.8. The van der Waals surface area contributed by atoms with Crippen LogP contribution in [0.3, 0.4) is 0 Å². The molecular formula is C32H38FNO. The Morgan fingerprint density at radius 1 is 1.00 bits per heavy atom. The number of aromatic nitrogens is 1. The Balaban J connectivity index is 1.51. The fourth-order valence-electron chi connectivity index (χ4n) is 4.03. The highest BCUT2D eigenvalue weighted by Gasteiger charge is 2.08. The molecule has 0 radical (unpaired) electrons. The number of halogens is 1. The van der Waals surface area contributed by atoms with Crippen LogP contribution in [-0.2, 0) is 11.2 Å². The maximum absolute atomic E-state index is 14.8. The lowest BCUT2D eigenvalue weighted by Crippen LogP contribution is -2.08. The number of hydrogen-bond acceptors (Lipinski definition) is 2. The van der Waals surface area contributed by atoms with Crippen LogP contribution in [0.2, 0.25) is 0 Å². The predicted molar refractivity (Wildman–Crippen MR) is 147 cm³/mol. The van der Waals surface area contributed by atoms with Crippen molar-refractivity contribution < 1.29 is 9.13 Å². The van der Waals surface area contributed by atoms with E-state index in [0.29, 0.717) is 17.4 Å². The largest absolute Gasteiger partial charge is 0.379 e. The molecule has 184 valence electrons. The predicted octanol–water partition coefficient (Wildman–Crippen LogP) is 9.06. The van der Waals surface area contributed by atoms with E-state index in [9.17, 15) is 4.39 Å². The second-order valence-corrected chi connectivity index (χ2v) is 9.08. The summed E-state index contributed by atoms with van der Waals surface area (Å²) in [5.41, 5.74) is 5.36. The highest BCUT2D eigenvalue weighted by molar-refractivity contribution is 5.68. The molecule has 0 fully saturated rings. The third-order valence-corrected chi connectivity index (χ3v) is 6.14. The molecule has 0 aliphatic carbocycles. The first-order valence-electron chi connectivity index (χ1n) is 12.8. The summed E-state index contributed by atoms with van der Waals surface area (Å²) in [5.74, 6) is -0.254. The average Bonchev–Trinajstić information content (AvgIpc) is 2.87. The van der Waals surface area contributed by atoms with E-state index in [2.05, 4.69) is 55.8 Å². The van der Waals surface area contributed by atoms with Gasteiger partial charge in [-0.3, -0.25) is 4.98 Å². The summed E-state index contributed by atoms with van der Waals surface area (Å²) in [7, 11) is 0. The molecule has 1 atom stereocenters. The molecule has 2 nitrogen and oxygen atoms in total. The minimum absolute atomic E-state index is 0.254. The van der Waals surface area contributed by atoms with E-state index in [1.165, 1.54) is 18.4 Å². The van der Waals surface area contributed by atoms with E-state index in [0.717, 1.165) is 55.4 Å². The summed E-state index contributed by atoms with van der Waals surface area (Å²) in [5, 5.41) is 0. The Kier molecular flexibility index (Phi) is 10.9. The third kappa shape index (κ3) is 8.60. The van der Waals surface area contributed by atoms with Gasteiger partial charge in [0, 0.05) is 23.9 Å². The van der Waals surface area contributed by atoms with Crippen molar-refractivity contribution in [2.45, 2.75) is 64.9 Å². The molecule has 1 aromatic heterocycles. The molecule has 0 bridgehead atoms. The van der Waals surface area contributed by atoms with E-state index >= 15 is 0 Å². The smallest absolute Gasteiger partial charge is 0.133 e. The number of rotatable bonds is 14. The Labute approximate surface area is 210 Å². The SMILES string of the molecule is C=CCc1ccc(-c2ccc(-c3ccc(/C=C/CCCC(C)OCCCCC)cc3F)nc2)cc1. The topological polar surface area (TPSA) is 22.1 Å². The van der Waals surface area contributed by atoms with Crippen molar-refractivity contribution in [1.29, 1.82) is 0 Å². The number of hydrogen-bond donors (Lipinski definition) is 0. The van der Waals surface area contributed by atoms with E-state index in [-0.39, 0.29) is 5.82 Å². The first-order chi connectivity index (χ1) is 17.1. The minimum atomic E-state index is -0.254. The molecule has 0 aliphatic heterocycles. The van der Waals surface area contributed by atoms with Crippen molar-refractivity contribution in [3.05, 3.63) is 96.5 Å². The quantitative estimate of drug-likeness (QED) is 0.173. The summed E-state index contributed by atoms with van der Waals surface area (Å²) in [6, 6.07) is 17.6. The van der Waals surface area contributed by atoms with Crippen LogP contribution < -0.4 is 0 Å². The summed E-state index contributed by atoms with van der Waals surface area (Å²) < 4.78 is 20.7. The zero-order valence-electron chi connectivity index (χ0n) is 21.2. The number of nitrogens with zero attached hydrogens (tertiary/aromatic N) is 1. The zero-order valence-corrected chi connectivity index (χ0v) is 21.2. The van der Waals surface area contributed by atoms with Gasteiger partial charge in [0.15, 0.2) is 0 Å². The van der Waals surface area contributed by atoms with Gasteiger partial charge >= 0.3 is 0 Å². The minimum Gasteiger partial charge on any atom is -0.379 e. The highest BCUT2D eigenvalue weighted by atomic mass is 19.1. The molecule has 0 aliphatic rings.